The largest absolute Gasteiger partial charge is 0.315 e. The number of pyridine rings is 1. The zero-order valence-electron chi connectivity index (χ0n) is 8.07. The van der Waals surface area contributed by atoms with Crippen molar-refractivity contribution in [3.05, 3.63) is 30.1 Å². The quantitative estimate of drug-likeness (QED) is 0.786. The Hall–Kier alpha value is -0.640. The van der Waals surface area contributed by atoms with Crippen molar-refractivity contribution in [3.63, 3.8) is 0 Å². The van der Waals surface area contributed by atoms with Crippen LogP contribution >= 0.6 is 12.4 Å². The Balaban J connectivity index is 0.000000980. The highest BCUT2D eigenvalue weighted by Crippen LogP contribution is 1.99. The van der Waals surface area contributed by atoms with Gasteiger partial charge in [-0.15, -0.1) is 12.4 Å². The maximum Gasteiger partial charge on any atom is 0.0541 e. The summed E-state index contributed by atoms with van der Waals surface area (Å²) in [6.07, 6.45) is 3.07. The van der Waals surface area contributed by atoms with Crippen molar-refractivity contribution in [2.75, 3.05) is 13.1 Å². The van der Waals surface area contributed by atoms with Crippen molar-refractivity contribution >= 4 is 12.4 Å². The van der Waals surface area contributed by atoms with Gasteiger partial charge in [0.2, 0.25) is 0 Å². The minimum Gasteiger partial charge on any atom is -0.315 e. The normalized spacial score (nSPS) is 20.4. The fourth-order valence-corrected chi connectivity index (χ4v) is 1.58. The summed E-state index contributed by atoms with van der Waals surface area (Å²) in [5, 5.41) is 6.80. The first-order valence-corrected chi connectivity index (χ1v) is 4.79. The molecule has 0 aromatic carbocycles. The second-order valence-electron chi connectivity index (χ2n) is 3.39. The summed E-state index contributed by atoms with van der Waals surface area (Å²) in [6, 6.07) is 6.65. The zero-order chi connectivity index (χ0) is 8.93. The van der Waals surface area contributed by atoms with Gasteiger partial charge in [-0.25, -0.2) is 0 Å². The van der Waals surface area contributed by atoms with E-state index >= 15 is 0 Å². The lowest BCUT2D eigenvalue weighted by atomic mass is 10.2. The summed E-state index contributed by atoms with van der Waals surface area (Å²) >= 11 is 0. The molecule has 0 saturated carbocycles. The average molecular weight is 214 g/mol. The van der Waals surface area contributed by atoms with Crippen LogP contribution in [0.5, 0.6) is 0 Å². The summed E-state index contributed by atoms with van der Waals surface area (Å²) in [5.74, 6) is 0. The van der Waals surface area contributed by atoms with Crippen LogP contribution in [0, 0.1) is 0 Å². The Bertz CT molecular complexity index is 247. The molecule has 0 bridgehead atoms. The highest BCUT2D eigenvalue weighted by Gasteiger charge is 2.12. The summed E-state index contributed by atoms with van der Waals surface area (Å²) in [7, 11) is 0. The molecular formula is C10H16ClN3. The highest BCUT2D eigenvalue weighted by molar-refractivity contribution is 5.85. The number of nitrogens with one attached hydrogen (secondary N) is 2. The third-order valence-electron chi connectivity index (χ3n) is 2.36. The molecular weight excluding hydrogens is 198 g/mol. The Kier molecular flexibility index (Phi) is 4.87. The van der Waals surface area contributed by atoms with Crippen molar-refractivity contribution in [2.45, 2.75) is 19.0 Å². The number of halogens is 1. The van der Waals surface area contributed by atoms with Crippen molar-refractivity contribution in [3.8, 4) is 0 Å². The molecule has 2 N–H and O–H groups in total. The maximum atomic E-state index is 4.26. The average Bonchev–Trinajstić information content (AvgIpc) is 2.69. The van der Waals surface area contributed by atoms with Gasteiger partial charge in [0, 0.05) is 25.3 Å². The van der Waals surface area contributed by atoms with Crippen molar-refractivity contribution in [1.82, 2.24) is 15.6 Å². The van der Waals surface area contributed by atoms with Crippen LogP contribution in [-0.2, 0) is 6.54 Å². The molecule has 0 aliphatic carbocycles. The summed E-state index contributed by atoms with van der Waals surface area (Å²) in [4.78, 5) is 4.26. The van der Waals surface area contributed by atoms with Crippen molar-refractivity contribution < 1.29 is 0 Å². The first-order chi connectivity index (χ1) is 6.45. The Morgan fingerprint density at radius 2 is 2.43 bits per heavy atom. The molecule has 1 fully saturated rings. The summed E-state index contributed by atoms with van der Waals surface area (Å²) in [6.45, 7) is 3.11. The third kappa shape index (κ3) is 3.25. The van der Waals surface area contributed by atoms with Gasteiger partial charge in [-0.05, 0) is 25.1 Å². The predicted molar refractivity (Wildman–Crippen MR) is 59.6 cm³/mol. The van der Waals surface area contributed by atoms with E-state index in [0.29, 0.717) is 6.04 Å². The number of nitrogens with zero attached hydrogens (tertiary/aromatic N) is 1. The lowest BCUT2D eigenvalue weighted by Gasteiger charge is -2.09. The van der Waals surface area contributed by atoms with Gasteiger partial charge in [-0.2, -0.15) is 0 Å². The molecule has 14 heavy (non-hydrogen) atoms. The smallest absolute Gasteiger partial charge is 0.0541 e. The fraction of sp³-hybridized carbons (Fsp3) is 0.500. The molecule has 2 rings (SSSR count). The highest BCUT2D eigenvalue weighted by atomic mass is 35.5. The van der Waals surface area contributed by atoms with E-state index in [9.17, 15) is 0 Å². The van der Waals surface area contributed by atoms with Gasteiger partial charge >= 0.3 is 0 Å². The van der Waals surface area contributed by atoms with E-state index in [4.69, 9.17) is 0 Å². The monoisotopic (exact) mass is 213 g/mol. The van der Waals surface area contributed by atoms with Crippen LogP contribution in [0.1, 0.15) is 12.1 Å². The Morgan fingerprint density at radius 3 is 3.07 bits per heavy atom. The van der Waals surface area contributed by atoms with Gasteiger partial charge in [-0.3, -0.25) is 4.98 Å². The molecule has 1 aromatic heterocycles. The lowest BCUT2D eigenvalue weighted by Crippen LogP contribution is -2.30. The van der Waals surface area contributed by atoms with E-state index in [0.717, 1.165) is 25.3 Å². The van der Waals surface area contributed by atoms with E-state index in [1.54, 1.807) is 0 Å². The van der Waals surface area contributed by atoms with Gasteiger partial charge < -0.3 is 10.6 Å². The number of aromatic nitrogens is 1. The minimum atomic E-state index is 0. The second kappa shape index (κ2) is 5.96. The molecule has 0 spiro atoms. The van der Waals surface area contributed by atoms with Crippen molar-refractivity contribution in [2.24, 2.45) is 0 Å². The van der Waals surface area contributed by atoms with Crippen LogP contribution in [0.4, 0.5) is 0 Å². The van der Waals surface area contributed by atoms with Crippen molar-refractivity contribution in [1.29, 1.82) is 0 Å². The van der Waals surface area contributed by atoms with Crippen LogP contribution in [0.2, 0.25) is 0 Å². The number of hydrogen-bond donors (Lipinski definition) is 2. The summed E-state index contributed by atoms with van der Waals surface area (Å²) in [5.41, 5.74) is 1.12. The molecule has 4 heteroatoms. The van der Waals surface area contributed by atoms with Crippen LogP contribution in [0.3, 0.4) is 0 Å². The SMILES string of the molecule is Cl.c1ccc(CN[C@H]2CCNC2)nc1. The molecule has 1 aromatic rings. The molecule has 1 atom stereocenters. The topological polar surface area (TPSA) is 37.0 Å². The lowest BCUT2D eigenvalue weighted by molar-refractivity contribution is 0.542. The van der Waals surface area contributed by atoms with Crippen LogP contribution in [0.25, 0.3) is 0 Å². The molecule has 3 nitrogen and oxygen atoms in total. The van der Waals surface area contributed by atoms with Gasteiger partial charge in [0.15, 0.2) is 0 Å². The van der Waals surface area contributed by atoms with E-state index in [-0.39, 0.29) is 12.4 Å². The molecule has 1 aliphatic heterocycles. The first kappa shape index (κ1) is 11.4. The van der Waals surface area contributed by atoms with Gasteiger partial charge in [0.25, 0.3) is 0 Å². The van der Waals surface area contributed by atoms with E-state index in [2.05, 4.69) is 21.7 Å². The Labute approximate surface area is 90.7 Å². The van der Waals surface area contributed by atoms with Gasteiger partial charge in [0.05, 0.1) is 5.69 Å². The zero-order valence-corrected chi connectivity index (χ0v) is 8.89. The third-order valence-corrected chi connectivity index (χ3v) is 2.36. The molecule has 1 aliphatic rings. The van der Waals surface area contributed by atoms with E-state index < -0.39 is 0 Å². The Morgan fingerprint density at radius 1 is 1.50 bits per heavy atom. The van der Waals surface area contributed by atoms with Crippen LogP contribution in [-0.4, -0.2) is 24.1 Å². The summed E-state index contributed by atoms with van der Waals surface area (Å²) < 4.78 is 0. The minimum absolute atomic E-state index is 0. The van der Waals surface area contributed by atoms with Crippen LogP contribution in [0.15, 0.2) is 24.4 Å². The van der Waals surface area contributed by atoms with E-state index in [1.807, 2.05) is 18.3 Å². The fourth-order valence-electron chi connectivity index (χ4n) is 1.58. The first-order valence-electron chi connectivity index (χ1n) is 4.79. The maximum absolute atomic E-state index is 4.26. The standard InChI is InChI=1S/C10H15N3.ClH/c1-2-5-12-9(3-1)8-13-10-4-6-11-7-10;/h1-3,5,10-11,13H,4,6-8H2;1H/t10-;/m0./s1. The molecule has 0 unspecified atom stereocenters. The number of rotatable bonds is 3. The molecule has 1 saturated heterocycles. The molecule has 0 amide bonds. The van der Waals surface area contributed by atoms with Gasteiger partial charge in [-0.1, -0.05) is 6.07 Å². The predicted octanol–water partition coefficient (Wildman–Crippen LogP) is 0.955. The van der Waals surface area contributed by atoms with Gasteiger partial charge in [0.1, 0.15) is 0 Å². The second-order valence-corrected chi connectivity index (χ2v) is 3.39. The van der Waals surface area contributed by atoms with E-state index in [1.165, 1.54) is 6.42 Å². The molecule has 0 radical (unpaired) electrons. The van der Waals surface area contributed by atoms with Crippen LogP contribution < -0.4 is 10.6 Å². The molecule has 78 valence electrons. The molecule has 2 heterocycles. The number of hydrogen-bond acceptors (Lipinski definition) is 3.